The van der Waals surface area contributed by atoms with E-state index in [1.807, 2.05) is 24.2 Å². The van der Waals surface area contributed by atoms with E-state index >= 15 is 0 Å². The Morgan fingerprint density at radius 2 is 1.59 bits per heavy atom. The molecule has 2 rings (SSSR count). The molecule has 1 aromatic rings. The van der Waals surface area contributed by atoms with Gasteiger partial charge in [0, 0.05) is 10.2 Å². The summed E-state index contributed by atoms with van der Waals surface area (Å²) in [5, 5.41) is 1.34. The minimum absolute atomic E-state index is 0.273. The van der Waals surface area contributed by atoms with Crippen molar-refractivity contribution in [1.29, 1.82) is 0 Å². The molecule has 1 saturated heterocycles. The number of allylic oxidation sites excluding steroid dienone is 4. The van der Waals surface area contributed by atoms with Crippen LogP contribution in [0.5, 0.6) is 0 Å². The molecule has 0 aromatic heterocycles. The van der Waals surface area contributed by atoms with Crippen LogP contribution in [0.4, 0.5) is 0 Å². The van der Waals surface area contributed by atoms with E-state index in [4.69, 9.17) is 9.31 Å². The van der Waals surface area contributed by atoms with E-state index in [0.29, 0.717) is 0 Å². The van der Waals surface area contributed by atoms with Gasteiger partial charge in [0.05, 0.1) is 11.2 Å². The van der Waals surface area contributed by atoms with E-state index < -0.39 is 0 Å². The summed E-state index contributed by atoms with van der Waals surface area (Å²) >= 11 is 0. The van der Waals surface area contributed by atoms with Crippen molar-refractivity contribution in [3.05, 3.63) is 65.3 Å². The molecule has 116 valence electrons. The maximum atomic E-state index is 5.92. The largest absolute Gasteiger partial charge is 0.487 e. The summed E-state index contributed by atoms with van der Waals surface area (Å²) < 4.78 is 11.8. The first kappa shape index (κ1) is 17.0. The molecule has 2 nitrogen and oxygen atoms in total. The van der Waals surface area contributed by atoms with Crippen LogP contribution in [0.2, 0.25) is 0 Å². The van der Waals surface area contributed by atoms with E-state index in [1.54, 1.807) is 0 Å². The Hall–Kier alpha value is -1.36. The molecule has 0 bridgehead atoms. The molecular formula is C18H25BO2Si. The number of hydrogen-bond donors (Lipinski definition) is 0. The quantitative estimate of drug-likeness (QED) is 0.628. The van der Waals surface area contributed by atoms with E-state index in [0.717, 1.165) is 10.2 Å². The van der Waals surface area contributed by atoms with Gasteiger partial charge in [-0.15, -0.1) is 0 Å². The average Bonchev–Trinajstić information content (AvgIpc) is 2.64. The summed E-state index contributed by atoms with van der Waals surface area (Å²) in [5.41, 5.74) is 0.691. The van der Waals surface area contributed by atoms with E-state index in [-0.39, 0.29) is 18.3 Å². The summed E-state index contributed by atoms with van der Waals surface area (Å²) in [6.45, 7) is 8.26. The van der Waals surface area contributed by atoms with Crippen molar-refractivity contribution < 1.29 is 9.31 Å². The van der Waals surface area contributed by atoms with Crippen molar-refractivity contribution in [2.75, 3.05) is 0 Å². The van der Waals surface area contributed by atoms with Gasteiger partial charge in [0.25, 0.3) is 0 Å². The van der Waals surface area contributed by atoms with Crippen LogP contribution in [0.3, 0.4) is 0 Å². The van der Waals surface area contributed by atoms with Gasteiger partial charge in [0.15, 0.2) is 0 Å². The zero-order valence-corrected chi connectivity index (χ0v) is 16.2. The zero-order valence-electron chi connectivity index (χ0n) is 14.2. The highest BCUT2D eigenvalue weighted by Crippen LogP contribution is 2.36. The lowest BCUT2D eigenvalue weighted by atomic mass is 9.90. The van der Waals surface area contributed by atoms with Crippen LogP contribution in [0.25, 0.3) is 6.08 Å². The molecule has 0 unspecified atom stereocenters. The zero-order chi connectivity index (χ0) is 16.2. The van der Waals surface area contributed by atoms with Crippen LogP contribution >= 0.6 is 0 Å². The predicted molar refractivity (Wildman–Crippen MR) is 98.7 cm³/mol. The summed E-state index contributed by atoms with van der Waals surface area (Å²) in [7, 11) is 0.740. The van der Waals surface area contributed by atoms with Gasteiger partial charge >= 0.3 is 7.12 Å². The summed E-state index contributed by atoms with van der Waals surface area (Å²) in [6.07, 6.45) is 8.40. The second kappa shape index (κ2) is 6.82. The number of rotatable bonds is 4. The molecule has 0 radical (unpaired) electrons. The first-order valence-electron chi connectivity index (χ1n) is 7.74. The molecule has 0 spiro atoms. The average molecular weight is 312 g/mol. The smallest absolute Gasteiger partial charge is 0.400 e. The van der Waals surface area contributed by atoms with Crippen molar-refractivity contribution in [3.8, 4) is 0 Å². The van der Waals surface area contributed by atoms with Crippen LogP contribution < -0.4 is 0 Å². The van der Waals surface area contributed by atoms with Crippen molar-refractivity contribution in [3.63, 3.8) is 0 Å². The third-order valence-corrected chi connectivity index (χ3v) is 4.83. The lowest BCUT2D eigenvalue weighted by molar-refractivity contribution is 0.00578. The monoisotopic (exact) mass is 312 g/mol. The summed E-state index contributed by atoms with van der Waals surface area (Å²) in [5.74, 6) is 1.96. The van der Waals surface area contributed by atoms with E-state index in [2.05, 4.69) is 64.1 Å². The normalized spacial score (nSPS) is 21.3. The summed E-state index contributed by atoms with van der Waals surface area (Å²) in [6, 6.07) is 10.4. The van der Waals surface area contributed by atoms with Gasteiger partial charge in [0.2, 0.25) is 0 Å². The van der Waals surface area contributed by atoms with Gasteiger partial charge < -0.3 is 9.31 Å². The topological polar surface area (TPSA) is 18.5 Å². The lowest BCUT2D eigenvalue weighted by Crippen LogP contribution is -2.41. The molecule has 1 fully saturated rings. The summed E-state index contributed by atoms with van der Waals surface area (Å²) in [4.78, 5) is 0. The number of benzene rings is 1. The molecule has 22 heavy (non-hydrogen) atoms. The first-order valence-corrected chi connectivity index (χ1v) is 8.74. The second-order valence-electron chi connectivity index (χ2n) is 6.67. The lowest BCUT2D eigenvalue weighted by Gasteiger charge is -2.32. The van der Waals surface area contributed by atoms with Gasteiger partial charge in [-0.1, -0.05) is 65.8 Å². The maximum absolute atomic E-state index is 5.92. The number of hydrogen-bond acceptors (Lipinski definition) is 2. The molecule has 0 atom stereocenters. The SMILES string of the molecule is CC1(C)OB(/C=C/C=C/C([SiH3])=C/c2ccccc2)OC1(C)C. The fourth-order valence-electron chi connectivity index (χ4n) is 2.19. The molecule has 0 N–H and O–H groups in total. The highest BCUT2D eigenvalue weighted by molar-refractivity contribution is 6.51. The molecule has 1 heterocycles. The van der Waals surface area contributed by atoms with Crippen LogP contribution in [0, 0.1) is 0 Å². The van der Waals surface area contributed by atoms with Crippen LogP contribution in [-0.2, 0) is 9.31 Å². The van der Waals surface area contributed by atoms with Crippen LogP contribution in [-0.4, -0.2) is 28.6 Å². The van der Waals surface area contributed by atoms with Gasteiger partial charge in [-0.2, -0.15) is 0 Å². The molecule has 0 saturated carbocycles. The Morgan fingerprint density at radius 3 is 2.18 bits per heavy atom. The first-order chi connectivity index (χ1) is 10.3. The van der Waals surface area contributed by atoms with Gasteiger partial charge in [-0.05, 0) is 33.3 Å². The van der Waals surface area contributed by atoms with Crippen LogP contribution in [0.15, 0.2) is 59.7 Å². The Balaban J connectivity index is 1.92. The predicted octanol–water partition coefficient (Wildman–Crippen LogP) is 3.14. The fourth-order valence-corrected chi connectivity index (χ4v) is 2.72. The van der Waals surface area contributed by atoms with E-state index in [1.165, 1.54) is 10.8 Å². The molecule has 1 aliphatic heterocycles. The Kier molecular flexibility index (Phi) is 5.27. The van der Waals surface area contributed by atoms with Gasteiger partial charge in [-0.25, -0.2) is 0 Å². The highest BCUT2D eigenvalue weighted by Gasteiger charge is 2.49. The van der Waals surface area contributed by atoms with E-state index in [9.17, 15) is 0 Å². The fraction of sp³-hybridized carbons (Fsp3) is 0.333. The Bertz CT molecular complexity index is 572. The minimum Gasteiger partial charge on any atom is -0.400 e. The third kappa shape index (κ3) is 4.32. The van der Waals surface area contributed by atoms with Crippen LogP contribution in [0.1, 0.15) is 33.3 Å². The molecule has 4 heteroatoms. The second-order valence-corrected chi connectivity index (χ2v) is 7.82. The highest BCUT2D eigenvalue weighted by atomic mass is 28.1. The van der Waals surface area contributed by atoms with Crippen molar-refractivity contribution in [1.82, 2.24) is 0 Å². The van der Waals surface area contributed by atoms with Crippen molar-refractivity contribution >= 4 is 23.4 Å². The van der Waals surface area contributed by atoms with Crippen molar-refractivity contribution in [2.45, 2.75) is 38.9 Å². The molecule has 1 aliphatic rings. The maximum Gasteiger partial charge on any atom is 0.487 e. The third-order valence-electron chi connectivity index (χ3n) is 4.20. The molecule has 1 aromatic carbocycles. The minimum atomic E-state index is -0.276. The molecule has 0 aliphatic carbocycles. The standard InChI is InChI=1S/C18H25BO2Si/c1-17(2)18(3,4)21-19(20-17)13-9-8-12-16(22)14-15-10-6-5-7-11-15/h5-14H,1-4,22H3/b12-8+,13-9+,16-14-. The molecule has 0 amide bonds. The Labute approximate surface area is 137 Å². The molecular weight excluding hydrogens is 287 g/mol. The van der Waals surface area contributed by atoms with Crippen molar-refractivity contribution in [2.24, 2.45) is 0 Å². The van der Waals surface area contributed by atoms with Gasteiger partial charge in [-0.3, -0.25) is 0 Å². The van der Waals surface area contributed by atoms with Gasteiger partial charge in [0.1, 0.15) is 0 Å². The Morgan fingerprint density at radius 1 is 1.00 bits per heavy atom.